The topological polar surface area (TPSA) is 554 Å². The zero-order chi connectivity index (χ0) is 97.0. The molecule has 127 heavy (non-hydrogen) atoms. The summed E-state index contributed by atoms with van der Waals surface area (Å²) in [7, 11) is 0. The smallest absolute Gasteiger partial charge is 0.408 e. The molecule has 0 radical (unpaired) electrons. The predicted octanol–water partition coefficient (Wildman–Crippen LogP) is 18.8. The standard InChI is InChI=1S/C12H12ClF3N4.C11H19F2N5O2.2C11H18F2N4O2.C11H20F2N2O2.C9H8N2.C6HCl2FN2.C6H12F2N2/c13-10-6(5-17)4-7(14)11(20-10)19-8-2-1-3-12(15,16)9(8)18;1-9(2,3)20-8(19)16-7-10(12,13)5-4-6-11(7,14)17-18-15;2*1-10(2,3)19-9(18)15-7-5-4-6-11(12,13)8(7)16-17-14;1-10(2,3)17-9(16)15-7-5-4-6-11(12,13)8(7)14;10-8-3-4-9-7(6-8)2-1-5-11-9;7-5-3(2-10)1-4(9)6(8)11-5;7-6(8)3-1-2-4(9)5(6)10/h4,8-9H,1-3,18H2,(H,19,20);7H,4-6,14H2,1-3H3,(H,16,19);2*7-8H,4-6H2,1-3H3,(H,15,18);7-8H,4-6,14H2,1-3H3,(H,15,16);1-6H,10H2;1H;4-5H,1-3,9-10H2/t8-,9-;7-,11-;3*7-,8-;;;4-,5-/m10111..1/s1. The van der Waals surface area contributed by atoms with Crippen LogP contribution in [-0.4, -0.2) is 169 Å². The molecule has 0 saturated heterocycles. The fraction of sp³-hybridized carbons (Fsp3) is 0.675. The quantitative estimate of drug-likeness (QED) is 0.0141. The first kappa shape index (κ1) is 111. The van der Waals surface area contributed by atoms with E-state index < -0.39 is 172 Å². The van der Waals surface area contributed by atoms with Gasteiger partial charge in [-0.2, -0.15) is 10.5 Å². The third-order valence-electron chi connectivity index (χ3n) is 18.9. The molecule has 0 aliphatic heterocycles. The number of carbonyl (C=O) groups excluding carboxylic acids is 4. The molecule has 6 aliphatic rings. The molecule has 6 aliphatic carbocycles. The van der Waals surface area contributed by atoms with Crippen LogP contribution in [0.4, 0.5) is 92.1 Å². The van der Waals surface area contributed by atoms with E-state index in [1.165, 1.54) is 0 Å². The van der Waals surface area contributed by atoms with Crippen LogP contribution < -0.4 is 61.0 Å². The second-order valence-electron chi connectivity index (χ2n) is 34.1. The Bertz CT molecular complexity index is 4490. The summed E-state index contributed by atoms with van der Waals surface area (Å²) in [6.07, 6.45) is 0.672. The van der Waals surface area contributed by atoms with E-state index in [-0.39, 0.29) is 96.6 Å². The van der Waals surface area contributed by atoms with Crippen molar-refractivity contribution >= 4 is 81.6 Å². The van der Waals surface area contributed by atoms with Crippen molar-refractivity contribution in [1.82, 2.24) is 36.2 Å². The maximum absolute atomic E-state index is 13.9. The highest BCUT2D eigenvalue weighted by molar-refractivity contribution is 6.33. The number of nitriles is 2. The first-order valence-corrected chi connectivity index (χ1v) is 40.7. The van der Waals surface area contributed by atoms with Gasteiger partial charge >= 0.3 is 24.4 Å². The summed E-state index contributed by atoms with van der Waals surface area (Å²) in [5.41, 5.74) is 54.9. The summed E-state index contributed by atoms with van der Waals surface area (Å²) < 4.78 is 208. The molecule has 3 aromatic heterocycles. The maximum atomic E-state index is 13.9. The van der Waals surface area contributed by atoms with Crippen LogP contribution in [0.15, 0.2) is 64.0 Å². The van der Waals surface area contributed by atoms with Crippen LogP contribution in [0.3, 0.4) is 0 Å². The highest BCUT2D eigenvalue weighted by Gasteiger charge is 2.56. The Morgan fingerprint density at radius 2 is 0.866 bits per heavy atom. The second kappa shape index (κ2) is 47.5. The highest BCUT2D eigenvalue weighted by Crippen LogP contribution is 2.42. The van der Waals surface area contributed by atoms with Crippen LogP contribution in [0.1, 0.15) is 210 Å². The minimum Gasteiger partial charge on any atom is -0.444 e. The molecule has 10 rings (SSSR count). The van der Waals surface area contributed by atoms with Gasteiger partial charge in [0.05, 0.1) is 40.8 Å². The van der Waals surface area contributed by atoms with Gasteiger partial charge in [0, 0.05) is 94.7 Å². The van der Waals surface area contributed by atoms with Crippen LogP contribution in [0, 0.1) is 34.3 Å². The number of aromatic nitrogens is 3. The first-order chi connectivity index (χ1) is 58.3. The number of ether oxygens (including phenoxy) is 4. The minimum atomic E-state index is -3.27. The van der Waals surface area contributed by atoms with E-state index in [0.29, 0.717) is 44.9 Å². The van der Waals surface area contributed by atoms with Gasteiger partial charge < -0.3 is 79.9 Å². The van der Waals surface area contributed by atoms with Crippen LogP contribution in [0.5, 0.6) is 0 Å². The number of amides is 4. The first-order valence-electron chi connectivity index (χ1n) is 39.6. The van der Waals surface area contributed by atoms with Gasteiger partial charge in [-0.3, -0.25) is 4.98 Å². The number of pyridine rings is 3. The van der Waals surface area contributed by atoms with Crippen molar-refractivity contribution in [2.24, 2.45) is 44.0 Å². The molecule has 6 fully saturated rings. The summed E-state index contributed by atoms with van der Waals surface area (Å²) in [6.45, 7) is 20.0. The average Bonchev–Trinajstić information content (AvgIpc) is 0.770. The number of anilines is 2. The minimum absolute atomic E-state index is 0.0198. The van der Waals surface area contributed by atoms with E-state index in [0.717, 1.165) is 28.7 Å². The Morgan fingerprint density at radius 1 is 0.488 bits per heavy atom. The van der Waals surface area contributed by atoms with E-state index in [1.807, 2.05) is 35.6 Å². The average molecular weight is 1880 g/mol. The number of hydrogen-bond acceptors (Lipinski definition) is 23. The fourth-order valence-corrected chi connectivity index (χ4v) is 13.5. The summed E-state index contributed by atoms with van der Waals surface area (Å²) in [5, 5.41) is 38.8. The molecule has 50 heteroatoms. The van der Waals surface area contributed by atoms with Crippen LogP contribution in [0.25, 0.3) is 42.2 Å². The molecule has 0 spiro atoms. The summed E-state index contributed by atoms with van der Waals surface area (Å²) in [5.74, 6) is -20.0. The van der Waals surface area contributed by atoms with Gasteiger partial charge in [0.25, 0.3) is 35.5 Å². The van der Waals surface area contributed by atoms with Gasteiger partial charge in [0.2, 0.25) is 0 Å². The molecule has 4 aromatic rings. The summed E-state index contributed by atoms with van der Waals surface area (Å²) in [4.78, 5) is 64.9. The van der Waals surface area contributed by atoms with Crippen LogP contribution >= 0.6 is 34.8 Å². The number of benzene rings is 1. The summed E-state index contributed by atoms with van der Waals surface area (Å²) in [6, 6.07) is 2.09. The number of fused-ring (bicyclic) bond motifs is 1. The molecule has 708 valence electrons. The number of carbonyl (C=O) groups is 4. The highest BCUT2D eigenvalue weighted by atomic mass is 35.5. The van der Waals surface area contributed by atoms with E-state index in [4.69, 9.17) is 115 Å². The monoisotopic (exact) mass is 1880 g/mol. The van der Waals surface area contributed by atoms with Crippen molar-refractivity contribution in [2.75, 3.05) is 11.1 Å². The predicted molar refractivity (Wildman–Crippen MR) is 446 cm³/mol. The van der Waals surface area contributed by atoms with E-state index in [9.17, 15) is 80.6 Å². The largest absolute Gasteiger partial charge is 0.444 e. The molecule has 33 nitrogen and oxygen atoms in total. The van der Waals surface area contributed by atoms with Crippen molar-refractivity contribution in [3.63, 3.8) is 0 Å². The number of rotatable bonds is 9. The Hall–Kier alpha value is -9.79. The number of hydrogen-bond donors (Lipinski definition) is 11. The van der Waals surface area contributed by atoms with Crippen LogP contribution in [-0.2, 0) is 18.9 Å². The molecular weight excluding hydrogens is 1780 g/mol. The zero-order valence-electron chi connectivity index (χ0n) is 71.6. The SMILES string of the molecule is CC(C)(C)OC(=O)N[C@@H]1CCCC(F)(F)[C@@H]1N.CC(C)(C)OC(=O)N[C@@H]1CCCC(F)(F)[C@@H]1N=[N+]=[N-].CC(C)(C)OC(=O)N[C@@H]1CCCC(F)(F)[C@@H]1N=[N+]=[N-].CC(C)(C)OC(=O)N[C@H]1C(F)(F)CCC[C@]1(N)N=[N+]=[N-].N#Cc1cc(F)c(Cl)nc1Cl.N#Cc1cc(F)c(N[C@@H]2CCCC(F)(F)[C@@H]2N)nc1Cl.N[C@@H]1CCCC(F)(F)[C@@H]1N.Nc1ccc2ncccc2c1. The Kier molecular flexibility index (Phi) is 41.7. The Morgan fingerprint density at radius 3 is 1.28 bits per heavy atom. The molecule has 6 saturated carbocycles. The molecule has 1 aromatic carbocycles. The number of nitrogen functional groups attached to an aromatic ring is 1. The van der Waals surface area contributed by atoms with Gasteiger partial charge in [-0.25, -0.2) is 90.6 Å². The summed E-state index contributed by atoms with van der Waals surface area (Å²) >= 11 is 16.4. The van der Waals surface area contributed by atoms with Crippen LogP contribution in [0.2, 0.25) is 15.5 Å². The lowest BCUT2D eigenvalue weighted by Gasteiger charge is -2.42. The normalized spacial score (nSPS) is 25.0. The van der Waals surface area contributed by atoms with Gasteiger partial charge in [-0.05, 0) is 213 Å². The second-order valence-corrected chi connectivity index (χ2v) is 35.2. The third-order valence-corrected chi connectivity index (χ3v) is 19.8. The van der Waals surface area contributed by atoms with Crippen molar-refractivity contribution < 1.29 is 99.6 Å². The molecule has 17 N–H and O–H groups in total. The fourth-order valence-electron chi connectivity index (χ4n) is 12.9. The number of nitrogens with zero attached hydrogens (tertiary/aromatic N) is 14. The molecule has 3 heterocycles. The molecule has 0 bridgehead atoms. The number of nitrogens with two attached hydrogens (primary N) is 6. The lowest BCUT2D eigenvalue weighted by molar-refractivity contribution is -0.0912. The van der Waals surface area contributed by atoms with Crippen molar-refractivity contribution in [2.45, 2.75) is 329 Å². The van der Waals surface area contributed by atoms with Crippen molar-refractivity contribution in [1.29, 1.82) is 10.5 Å². The Balaban J connectivity index is 0.000000378. The lowest BCUT2D eigenvalue weighted by atomic mass is 9.82. The molecule has 4 amide bonds. The van der Waals surface area contributed by atoms with Gasteiger partial charge in [-0.1, -0.05) is 56.2 Å². The Labute approximate surface area is 738 Å². The molecular formula is C77H108Cl3F14N25O8. The number of nitrogens with one attached hydrogen (secondary N) is 5. The zero-order valence-corrected chi connectivity index (χ0v) is 73.9. The lowest BCUT2D eigenvalue weighted by Crippen LogP contribution is -2.67. The third kappa shape index (κ3) is 37.4. The van der Waals surface area contributed by atoms with Crippen molar-refractivity contribution in [3.8, 4) is 12.1 Å². The molecule has 12 atom stereocenters. The van der Waals surface area contributed by atoms with Gasteiger partial charge in [-0.15, -0.1) is 0 Å². The van der Waals surface area contributed by atoms with E-state index in [2.05, 4.69) is 66.3 Å². The van der Waals surface area contributed by atoms with E-state index >= 15 is 0 Å². The van der Waals surface area contributed by atoms with Gasteiger partial charge in [0.1, 0.15) is 68.6 Å². The molecule has 0 unspecified atom stereocenters. The number of halogens is 17. The van der Waals surface area contributed by atoms with Crippen molar-refractivity contribution in [3.05, 3.63) is 118 Å². The van der Waals surface area contributed by atoms with E-state index in [1.54, 1.807) is 101 Å². The number of alkyl carbamates (subject to hydrolysis) is 4. The number of azide groups is 3. The van der Waals surface area contributed by atoms with Gasteiger partial charge in [0.15, 0.2) is 22.6 Å². The number of alkyl halides is 12. The maximum Gasteiger partial charge on any atom is 0.408 e.